The van der Waals surface area contributed by atoms with Crippen molar-refractivity contribution in [1.82, 2.24) is 10.3 Å². The molecule has 130 valence electrons. The van der Waals surface area contributed by atoms with Crippen LogP contribution in [0.1, 0.15) is 33.9 Å². The van der Waals surface area contributed by atoms with Crippen molar-refractivity contribution in [1.29, 1.82) is 0 Å². The van der Waals surface area contributed by atoms with E-state index in [1.165, 1.54) is 0 Å². The standard InChI is InChI=1S/C15H19N3O4S2/c1-9(11-5-7-12(22-3)8-6-11)16-14(19)13-10(2)17-15(23-13)18-24(4,20)21/h5-9H,1-4H3,(H,16,19)(H,17,18). The van der Waals surface area contributed by atoms with E-state index in [0.29, 0.717) is 10.6 Å². The topological polar surface area (TPSA) is 97.4 Å². The van der Waals surface area contributed by atoms with Gasteiger partial charge in [0.1, 0.15) is 10.6 Å². The first-order valence-electron chi connectivity index (χ1n) is 7.09. The predicted molar refractivity (Wildman–Crippen MR) is 94.2 cm³/mol. The van der Waals surface area contributed by atoms with Crippen molar-refractivity contribution in [3.8, 4) is 5.75 Å². The molecule has 9 heteroatoms. The number of nitrogens with zero attached hydrogens (tertiary/aromatic N) is 1. The van der Waals surface area contributed by atoms with E-state index in [0.717, 1.165) is 28.9 Å². The molecule has 7 nitrogen and oxygen atoms in total. The number of aromatic nitrogens is 1. The normalized spacial score (nSPS) is 12.5. The van der Waals surface area contributed by atoms with Crippen LogP contribution in [0.2, 0.25) is 0 Å². The van der Waals surface area contributed by atoms with Crippen LogP contribution in [-0.2, 0) is 10.0 Å². The molecule has 0 aliphatic rings. The van der Waals surface area contributed by atoms with Gasteiger partial charge in [0.15, 0.2) is 5.13 Å². The average Bonchev–Trinajstić information content (AvgIpc) is 2.85. The molecular weight excluding hydrogens is 350 g/mol. The summed E-state index contributed by atoms with van der Waals surface area (Å²) in [6, 6.07) is 7.19. The highest BCUT2D eigenvalue weighted by Gasteiger charge is 2.19. The van der Waals surface area contributed by atoms with E-state index in [1.54, 1.807) is 14.0 Å². The van der Waals surface area contributed by atoms with Crippen LogP contribution in [0.15, 0.2) is 24.3 Å². The maximum atomic E-state index is 12.4. The van der Waals surface area contributed by atoms with Gasteiger partial charge in [0.25, 0.3) is 5.91 Å². The number of aryl methyl sites for hydroxylation is 1. The summed E-state index contributed by atoms with van der Waals surface area (Å²) < 4.78 is 29.9. The molecule has 1 heterocycles. The number of benzene rings is 1. The van der Waals surface area contributed by atoms with Crippen molar-refractivity contribution in [3.05, 3.63) is 40.4 Å². The Morgan fingerprint density at radius 3 is 2.46 bits per heavy atom. The summed E-state index contributed by atoms with van der Waals surface area (Å²) in [4.78, 5) is 16.9. The minimum Gasteiger partial charge on any atom is -0.497 e. The molecule has 0 aliphatic carbocycles. The minimum atomic E-state index is -3.42. The molecule has 2 N–H and O–H groups in total. The van der Waals surface area contributed by atoms with Gasteiger partial charge in [0.2, 0.25) is 10.0 Å². The number of carbonyl (C=O) groups is 1. The summed E-state index contributed by atoms with van der Waals surface area (Å²) in [5, 5.41) is 3.06. The first-order valence-corrected chi connectivity index (χ1v) is 9.80. The molecule has 1 unspecified atom stereocenters. The van der Waals surface area contributed by atoms with Crippen molar-refractivity contribution in [3.63, 3.8) is 0 Å². The number of carbonyl (C=O) groups excluding carboxylic acids is 1. The summed E-state index contributed by atoms with van der Waals surface area (Å²) >= 11 is 1.00. The maximum absolute atomic E-state index is 12.4. The van der Waals surface area contributed by atoms with Crippen LogP contribution in [0.5, 0.6) is 5.75 Å². The molecule has 0 spiro atoms. The summed E-state index contributed by atoms with van der Waals surface area (Å²) in [6.45, 7) is 3.53. The molecule has 2 rings (SSSR count). The van der Waals surface area contributed by atoms with Crippen molar-refractivity contribution >= 4 is 32.4 Å². The first kappa shape index (κ1) is 18.2. The fourth-order valence-corrected chi connectivity index (χ4v) is 3.75. The number of rotatable bonds is 6. The summed E-state index contributed by atoms with van der Waals surface area (Å²) in [5.74, 6) is 0.446. The second-order valence-electron chi connectivity index (χ2n) is 5.28. The Morgan fingerprint density at radius 1 is 1.29 bits per heavy atom. The Bertz CT molecular complexity index is 829. The second kappa shape index (κ2) is 7.18. The number of nitrogens with one attached hydrogen (secondary N) is 2. The van der Waals surface area contributed by atoms with Gasteiger partial charge in [-0.05, 0) is 31.5 Å². The van der Waals surface area contributed by atoms with E-state index in [1.807, 2.05) is 31.2 Å². The number of hydrogen-bond donors (Lipinski definition) is 2. The molecule has 1 atom stereocenters. The molecule has 1 aromatic carbocycles. The number of methoxy groups -OCH3 is 1. The SMILES string of the molecule is COc1ccc(C(C)NC(=O)c2sc(NS(C)(=O)=O)nc2C)cc1. The van der Waals surface area contributed by atoms with Gasteiger partial charge in [0, 0.05) is 0 Å². The molecule has 0 saturated carbocycles. The lowest BCUT2D eigenvalue weighted by Gasteiger charge is -2.14. The third-order valence-electron chi connectivity index (χ3n) is 3.24. The lowest BCUT2D eigenvalue weighted by molar-refractivity contribution is 0.0943. The highest BCUT2D eigenvalue weighted by atomic mass is 32.2. The van der Waals surface area contributed by atoms with Crippen LogP contribution < -0.4 is 14.8 Å². The Labute approximate surface area is 145 Å². The third kappa shape index (κ3) is 4.68. The van der Waals surface area contributed by atoms with Crippen molar-refractivity contribution in [2.45, 2.75) is 19.9 Å². The van der Waals surface area contributed by atoms with Crippen molar-refractivity contribution < 1.29 is 17.9 Å². The van der Waals surface area contributed by atoms with Gasteiger partial charge in [-0.15, -0.1) is 0 Å². The van der Waals surface area contributed by atoms with Crippen molar-refractivity contribution in [2.24, 2.45) is 0 Å². The quantitative estimate of drug-likeness (QED) is 0.814. The van der Waals surface area contributed by atoms with Crippen LogP contribution in [0.3, 0.4) is 0 Å². The van der Waals surface area contributed by atoms with E-state index in [4.69, 9.17) is 4.74 Å². The van der Waals surface area contributed by atoms with Crippen LogP contribution in [0.25, 0.3) is 0 Å². The van der Waals surface area contributed by atoms with E-state index in [2.05, 4.69) is 15.0 Å². The molecule has 1 aromatic heterocycles. The summed E-state index contributed by atoms with van der Waals surface area (Å²) in [6.07, 6.45) is 1.04. The number of amides is 1. The lowest BCUT2D eigenvalue weighted by Crippen LogP contribution is -2.26. The van der Waals surface area contributed by atoms with Gasteiger partial charge in [-0.1, -0.05) is 23.5 Å². The number of sulfonamides is 1. The van der Waals surface area contributed by atoms with Gasteiger partial charge in [-0.25, -0.2) is 13.4 Å². The molecule has 0 bridgehead atoms. The van der Waals surface area contributed by atoms with E-state index in [9.17, 15) is 13.2 Å². The van der Waals surface area contributed by atoms with Crippen LogP contribution >= 0.6 is 11.3 Å². The summed E-state index contributed by atoms with van der Waals surface area (Å²) in [7, 11) is -1.83. The average molecular weight is 369 g/mol. The molecule has 2 aromatic rings. The van der Waals surface area contributed by atoms with Crippen LogP contribution in [0, 0.1) is 6.92 Å². The Hall–Kier alpha value is -2.13. The Balaban J connectivity index is 2.11. The van der Waals surface area contributed by atoms with Gasteiger partial charge < -0.3 is 10.1 Å². The predicted octanol–water partition coefficient (Wildman–Crippen LogP) is 2.32. The van der Waals surface area contributed by atoms with Crippen LogP contribution in [0.4, 0.5) is 5.13 Å². The number of hydrogen-bond acceptors (Lipinski definition) is 6. The highest BCUT2D eigenvalue weighted by molar-refractivity contribution is 7.92. The van der Waals surface area contributed by atoms with Gasteiger partial charge in [-0.3, -0.25) is 9.52 Å². The third-order valence-corrected chi connectivity index (χ3v) is 5.00. The smallest absolute Gasteiger partial charge is 0.263 e. The fraction of sp³-hybridized carbons (Fsp3) is 0.333. The van der Waals surface area contributed by atoms with Gasteiger partial charge in [0.05, 0.1) is 25.1 Å². The largest absolute Gasteiger partial charge is 0.497 e. The van der Waals surface area contributed by atoms with Crippen LogP contribution in [-0.4, -0.2) is 32.7 Å². The molecule has 0 aliphatic heterocycles. The minimum absolute atomic E-state index is 0.178. The number of anilines is 1. The van der Waals surface area contributed by atoms with Crippen molar-refractivity contribution in [2.75, 3.05) is 18.1 Å². The molecule has 24 heavy (non-hydrogen) atoms. The molecule has 0 saturated heterocycles. The first-order chi connectivity index (χ1) is 11.2. The monoisotopic (exact) mass is 369 g/mol. The summed E-state index contributed by atoms with van der Waals surface area (Å²) in [5.41, 5.74) is 1.41. The number of thiazole rings is 1. The zero-order valence-corrected chi connectivity index (χ0v) is 15.4. The molecule has 1 amide bonds. The maximum Gasteiger partial charge on any atom is 0.263 e. The zero-order valence-electron chi connectivity index (χ0n) is 13.8. The van der Waals surface area contributed by atoms with E-state index < -0.39 is 10.0 Å². The highest BCUT2D eigenvalue weighted by Crippen LogP contribution is 2.24. The second-order valence-corrected chi connectivity index (χ2v) is 8.02. The zero-order chi connectivity index (χ0) is 17.9. The molecular formula is C15H19N3O4S2. The lowest BCUT2D eigenvalue weighted by atomic mass is 10.1. The Morgan fingerprint density at radius 2 is 1.92 bits per heavy atom. The van der Waals surface area contributed by atoms with Gasteiger partial charge in [-0.2, -0.15) is 0 Å². The molecule has 0 fully saturated rings. The van der Waals surface area contributed by atoms with E-state index >= 15 is 0 Å². The fourth-order valence-electron chi connectivity index (χ4n) is 2.05. The van der Waals surface area contributed by atoms with E-state index in [-0.39, 0.29) is 17.1 Å². The van der Waals surface area contributed by atoms with Gasteiger partial charge >= 0.3 is 0 Å². The Kier molecular flexibility index (Phi) is 5.45. The number of ether oxygens (including phenoxy) is 1. The molecule has 0 radical (unpaired) electrons.